The van der Waals surface area contributed by atoms with E-state index in [1.165, 1.54) is 6.07 Å². The number of carboxylic acids is 1. The molecule has 0 aliphatic carbocycles. The van der Waals surface area contributed by atoms with Crippen LogP contribution in [0.3, 0.4) is 0 Å². The highest BCUT2D eigenvalue weighted by molar-refractivity contribution is 5.93. The topological polar surface area (TPSA) is 62.2 Å². The van der Waals surface area contributed by atoms with Gasteiger partial charge >= 0.3 is 5.97 Å². The van der Waals surface area contributed by atoms with Gasteiger partial charge in [0.15, 0.2) is 0 Å². The molecule has 0 aromatic carbocycles. The van der Waals surface area contributed by atoms with Gasteiger partial charge in [-0.25, -0.2) is 9.78 Å². The van der Waals surface area contributed by atoms with Gasteiger partial charge in [-0.3, -0.25) is 0 Å². The monoisotopic (exact) mass is 232 g/mol. The van der Waals surface area contributed by atoms with Gasteiger partial charge in [0.1, 0.15) is 11.4 Å². The number of carbonyl (C=O) groups is 1. The van der Waals surface area contributed by atoms with Crippen LogP contribution in [0.1, 0.15) is 35.8 Å². The van der Waals surface area contributed by atoms with Crippen molar-refractivity contribution in [1.29, 1.82) is 0 Å². The van der Waals surface area contributed by atoms with E-state index in [1.807, 2.05) is 13.8 Å². The highest BCUT2D eigenvalue weighted by atomic mass is 16.4. The van der Waals surface area contributed by atoms with Gasteiger partial charge in [-0.2, -0.15) is 0 Å². The lowest BCUT2D eigenvalue weighted by Gasteiger charge is -2.14. The predicted octanol–water partition coefficient (Wildman–Crippen LogP) is 2.30. The van der Waals surface area contributed by atoms with Crippen molar-refractivity contribution in [1.82, 2.24) is 4.98 Å². The Labute approximate surface area is 101 Å². The standard InChI is InChI=1S/C13H16N2O2/c1-4-6-10(5-2)15-12-11(13(16)17)8-7-9(3)14-12/h2,7-8,10H,4,6H2,1,3H3,(H,14,15)(H,16,17). The summed E-state index contributed by atoms with van der Waals surface area (Å²) in [4.78, 5) is 15.2. The van der Waals surface area contributed by atoms with Crippen LogP contribution in [-0.2, 0) is 0 Å². The van der Waals surface area contributed by atoms with Crippen LogP contribution in [0.5, 0.6) is 0 Å². The van der Waals surface area contributed by atoms with E-state index in [9.17, 15) is 4.79 Å². The van der Waals surface area contributed by atoms with Crippen molar-refractivity contribution in [2.24, 2.45) is 0 Å². The van der Waals surface area contributed by atoms with Crippen LogP contribution in [0.25, 0.3) is 0 Å². The van der Waals surface area contributed by atoms with Crippen LogP contribution < -0.4 is 5.32 Å². The molecule has 0 radical (unpaired) electrons. The maximum absolute atomic E-state index is 11.0. The third-order valence-corrected chi connectivity index (χ3v) is 2.35. The van der Waals surface area contributed by atoms with Crippen LogP contribution in [0, 0.1) is 19.3 Å². The van der Waals surface area contributed by atoms with Crippen molar-refractivity contribution < 1.29 is 9.90 Å². The highest BCUT2D eigenvalue weighted by Gasteiger charge is 2.14. The van der Waals surface area contributed by atoms with Crippen LogP contribution in [0.2, 0.25) is 0 Å². The summed E-state index contributed by atoms with van der Waals surface area (Å²) in [5.74, 6) is 1.93. The molecule has 1 unspecified atom stereocenters. The number of aromatic nitrogens is 1. The van der Waals surface area contributed by atoms with Gasteiger partial charge in [-0.15, -0.1) is 6.42 Å². The van der Waals surface area contributed by atoms with Crippen LogP contribution in [0.15, 0.2) is 12.1 Å². The third-order valence-electron chi connectivity index (χ3n) is 2.35. The molecule has 0 bridgehead atoms. The Bertz CT molecular complexity index is 449. The summed E-state index contributed by atoms with van der Waals surface area (Å²) in [6, 6.07) is 3.01. The minimum Gasteiger partial charge on any atom is -0.478 e. The smallest absolute Gasteiger partial charge is 0.339 e. The molecule has 17 heavy (non-hydrogen) atoms. The Morgan fingerprint density at radius 1 is 1.65 bits per heavy atom. The van der Waals surface area contributed by atoms with E-state index in [2.05, 4.69) is 16.2 Å². The lowest BCUT2D eigenvalue weighted by Crippen LogP contribution is -2.20. The largest absolute Gasteiger partial charge is 0.478 e. The van der Waals surface area contributed by atoms with Crippen LogP contribution in [-0.4, -0.2) is 22.1 Å². The first-order valence-corrected chi connectivity index (χ1v) is 5.52. The minimum absolute atomic E-state index is 0.145. The second-order valence-electron chi connectivity index (χ2n) is 3.81. The van der Waals surface area contributed by atoms with E-state index in [0.29, 0.717) is 5.82 Å². The molecule has 4 heteroatoms. The number of terminal acetylenes is 1. The fourth-order valence-electron chi connectivity index (χ4n) is 1.49. The molecule has 1 aromatic rings. The quantitative estimate of drug-likeness (QED) is 0.765. The van der Waals surface area contributed by atoms with Crippen molar-refractivity contribution in [2.45, 2.75) is 32.7 Å². The molecular formula is C13H16N2O2. The van der Waals surface area contributed by atoms with Gasteiger partial charge in [0.05, 0.1) is 6.04 Å². The number of hydrogen-bond acceptors (Lipinski definition) is 3. The van der Waals surface area contributed by atoms with Crippen molar-refractivity contribution in [3.05, 3.63) is 23.4 Å². The van der Waals surface area contributed by atoms with Gasteiger partial charge in [-0.05, 0) is 25.5 Å². The second-order valence-corrected chi connectivity index (χ2v) is 3.81. The molecule has 0 fully saturated rings. The molecule has 1 heterocycles. The molecule has 2 N–H and O–H groups in total. The summed E-state index contributed by atoms with van der Waals surface area (Å²) in [6.45, 7) is 3.83. The summed E-state index contributed by atoms with van der Waals surface area (Å²) in [5, 5.41) is 12.0. The summed E-state index contributed by atoms with van der Waals surface area (Å²) < 4.78 is 0. The first-order valence-electron chi connectivity index (χ1n) is 5.52. The minimum atomic E-state index is -1.01. The normalized spacial score (nSPS) is 11.6. The molecule has 0 spiro atoms. The molecule has 0 saturated heterocycles. The molecule has 0 saturated carbocycles. The average molecular weight is 232 g/mol. The van der Waals surface area contributed by atoms with Gasteiger partial charge in [0.2, 0.25) is 0 Å². The Morgan fingerprint density at radius 2 is 2.35 bits per heavy atom. The first-order chi connectivity index (χ1) is 8.08. The Morgan fingerprint density at radius 3 is 2.88 bits per heavy atom. The maximum Gasteiger partial charge on any atom is 0.339 e. The predicted molar refractivity (Wildman–Crippen MR) is 67.1 cm³/mol. The zero-order valence-corrected chi connectivity index (χ0v) is 10.0. The molecular weight excluding hydrogens is 216 g/mol. The molecule has 4 nitrogen and oxygen atoms in total. The van der Waals surface area contributed by atoms with Crippen molar-refractivity contribution in [2.75, 3.05) is 5.32 Å². The van der Waals surface area contributed by atoms with Gasteiger partial charge < -0.3 is 10.4 Å². The second kappa shape index (κ2) is 5.90. The zero-order valence-electron chi connectivity index (χ0n) is 10.0. The summed E-state index contributed by atoms with van der Waals surface area (Å²) in [7, 11) is 0. The van der Waals surface area contributed by atoms with Gasteiger partial charge in [-0.1, -0.05) is 19.3 Å². The van der Waals surface area contributed by atoms with E-state index < -0.39 is 5.97 Å². The van der Waals surface area contributed by atoms with E-state index >= 15 is 0 Å². The highest BCUT2D eigenvalue weighted by Crippen LogP contribution is 2.15. The van der Waals surface area contributed by atoms with Crippen molar-refractivity contribution >= 4 is 11.8 Å². The van der Waals surface area contributed by atoms with E-state index in [-0.39, 0.29) is 11.6 Å². The number of nitrogens with zero attached hydrogens (tertiary/aromatic N) is 1. The van der Waals surface area contributed by atoms with E-state index in [0.717, 1.165) is 18.5 Å². The lowest BCUT2D eigenvalue weighted by molar-refractivity contribution is 0.0697. The number of pyridine rings is 1. The molecule has 1 rings (SSSR count). The van der Waals surface area contributed by atoms with Crippen molar-refractivity contribution in [3.63, 3.8) is 0 Å². The van der Waals surface area contributed by atoms with E-state index in [4.69, 9.17) is 11.5 Å². The van der Waals surface area contributed by atoms with Crippen LogP contribution in [0.4, 0.5) is 5.82 Å². The Hall–Kier alpha value is -2.02. The Balaban J connectivity index is 2.99. The summed E-state index contributed by atoms with van der Waals surface area (Å²) in [5.41, 5.74) is 0.900. The van der Waals surface area contributed by atoms with Gasteiger partial charge in [0, 0.05) is 5.69 Å². The third kappa shape index (κ3) is 3.49. The molecule has 0 aliphatic heterocycles. The maximum atomic E-state index is 11.0. The Kier molecular flexibility index (Phi) is 4.53. The first kappa shape index (κ1) is 13.0. The zero-order chi connectivity index (χ0) is 12.8. The lowest BCUT2D eigenvalue weighted by atomic mass is 10.1. The molecule has 1 atom stereocenters. The number of nitrogens with one attached hydrogen (secondary N) is 1. The molecule has 1 aromatic heterocycles. The number of rotatable bonds is 5. The fraction of sp³-hybridized carbons (Fsp3) is 0.385. The average Bonchev–Trinajstić information content (AvgIpc) is 2.28. The number of aromatic carboxylic acids is 1. The number of anilines is 1. The molecule has 0 amide bonds. The van der Waals surface area contributed by atoms with E-state index in [1.54, 1.807) is 6.07 Å². The SMILES string of the molecule is C#CC(CCC)Nc1nc(C)ccc1C(=O)O. The van der Waals surface area contributed by atoms with Crippen molar-refractivity contribution in [3.8, 4) is 12.3 Å². The summed E-state index contributed by atoms with van der Waals surface area (Å²) >= 11 is 0. The van der Waals surface area contributed by atoms with Gasteiger partial charge in [0.25, 0.3) is 0 Å². The molecule has 90 valence electrons. The molecule has 0 aliphatic rings. The number of hydrogen-bond donors (Lipinski definition) is 2. The summed E-state index contributed by atoms with van der Waals surface area (Å²) in [6.07, 6.45) is 7.09. The number of aryl methyl sites for hydroxylation is 1. The fourth-order valence-corrected chi connectivity index (χ4v) is 1.49. The van der Waals surface area contributed by atoms with Crippen LogP contribution >= 0.6 is 0 Å². The number of carboxylic acid groups (broad SMARTS) is 1.